The van der Waals surface area contributed by atoms with E-state index in [1.807, 2.05) is 78.9 Å². The van der Waals surface area contributed by atoms with Gasteiger partial charge in [-0.1, -0.05) is 84.4 Å². The molecule has 55 heavy (non-hydrogen) atoms. The molecular formula is C43H41ClN4O7. The predicted octanol–water partition coefficient (Wildman–Crippen LogP) is 7.18. The number of carbonyl (C=O) groups excluding carboxylic acids is 1. The summed E-state index contributed by atoms with van der Waals surface area (Å²) >= 11 is 6.11. The number of phenols is 1. The maximum Gasteiger partial charge on any atom is 0.405 e. The van der Waals surface area contributed by atoms with Gasteiger partial charge >= 0.3 is 6.09 Å². The number of phenolic OH excluding ortho intramolecular Hbond substituents is 1. The van der Waals surface area contributed by atoms with Gasteiger partial charge in [0.15, 0.2) is 0 Å². The van der Waals surface area contributed by atoms with E-state index >= 15 is 0 Å². The van der Waals surface area contributed by atoms with Gasteiger partial charge < -0.3 is 40.6 Å². The Hall–Kier alpha value is -6.14. The number of aliphatic hydroxyl groups is 1. The van der Waals surface area contributed by atoms with Crippen molar-refractivity contribution in [1.29, 1.82) is 0 Å². The molecule has 0 saturated heterocycles. The van der Waals surface area contributed by atoms with Crippen molar-refractivity contribution in [3.05, 3.63) is 176 Å². The molecule has 1 unspecified atom stereocenters. The van der Waals surface area contributed by atoms with Gasteiger partial charge in [-0.15, -0.1) is 0 Å². The van der Waals surface area contributed by atoms with Gasteiger partial charge in [-0.05, 0) is 89.3 Å². The number of H-pyrrole nitrogens is 1. The van der Waals surface area contributed by atoms with E-state index in [0.717, 1.165) is 22.3 Å². The number of amides is 2. The molecule has 2 amide bonds. The Bertz CT molecular complexity index is 2280. The Kier molecular flexibility index (Phi) is 12.8. The van der Waals surface area contributed by atoms with Crippen molar-refractivity contribution in [2.75, 3.05) is 19.6 Å². The average Bonchev–Trinajstić information content (AvgIpc) is 3.20. The van der Waals surface area contributed by atoms with Crippen LogP contribution in [-0.4, -0.2) is 56.8 Å². The smallest absolute Gasteiger partial charge is 0.405 e. The highest BCUT2D eigenvalue weighted by Gasteiger charge is 2.19. The van der Waals surface area contributed by atoms with Gasteiger partial charge in [0, 0.05) is 41.7 Å². The highest BCUT2D eigenvalue weighted by atomic mass is 35.5. The zero-order valence-electron chi connectivity index (χ0n) is 29.8. The summed E-state index contributed by atoms with van der Waals surface area (Å²) in [5, 5.41) is 37.6. The van der Waals surface area contributed by atoms with Crippen molar-refractivity contribution >= 4 is 34.5 Å². The molecule has 0 aliphatic carbocycles. The maximum absolute atomic E-state index is 13.8. The number of hydrogen-bond donors (Lipinski definition) is 6. The number of ether oxygens (including phenoxy) is 1. The van der Waals surface area contributed by atoms with Gasteiger partial charge in [0.2, 0.25) is 5.56 Å². The third-order valence-corrected chi connectivity index (χ3v) is 9.41. The number of aromatic hydroxyl groups is 1. The van der Waals surface area contributed by atoms with Crippen LogP contribution < -0.4 is 20.9 Å². The first-order valence-electron chi connectivity index (χ1n) is 17.8. The first-order valence-corrected chi connectivity index (χ1v) is 18.2. The fraction of sp³-hybridized carbons (Fsp3) is 0.186. The van der Waals surface area contributed by atoms with E-state index in [9.17, 15) is 29.7 Å². The standard InChI is InChI=1S/C43H41ClN4O7/c44-33-16-12-28(13-17-33)26-48(23-5-22-45-25-38(50)35-18-20-37(49)41-36(35)19-21-39(51)46-41)42(52)31-14-10-29(11-15-31)27-55-34-9-4-8-32(24-34)40(47-43(53)54)30-6-2-1-3-7-30/h1-4,6-21,24,38,40,45,47,49-50H,5,22-23,25-27H2,(H,46,51)(H,53,54)/t38?,40-/m0/s1. The Morgan fingerprint density at radius 1 is 0.836 bits per heavy atom. The average molecular weight is 761 g/mol. The van der Waals surface area contributed by atoms with E-state index < -0.39 is 18.2 Å². The SMILES string of the molecule is O=C(O)N[C@@H](c1ccccc1)c1cccc(OCc2ccc(C(=O)N(CCCNCC(O)c3ccc(O)c4[nH]c(=O)ccc34)Cc3ccc(Cl)cc3)cc2)c1. The van der Waals surface area contributed by atoms with Crippen molar-refractivity contribution in [2.24, 2.45) is 0 Å². The number of aliphatic hydroxyl groups excluding tert-OH is 1. The number of pyridine rings is 1. The molecular weight excluding hydrogens is 720 g/mol. The Labute approximate surface area is 322 Å². The molecule has 0 radical (unpaired) electrons. The molecule has 282 valence electrons. The van der Waals surface area contributed by atoms with Crippen molar-refractivity contribution in [1.82, 2.24) is 20.5 Å². The maximum atomic E-state index is 13.8. The number of benzene rings is 5. The molecule has 1 aromatic heterocycles. The second-order valence-corrected chi connectivity index (χ2v) is 13.5. The van der Waals surface area contributed by atoms with Crippen LogP contribution in [0.1, 0.15) is 56.7 Å². The van der Waals surface area contributed by atoms with Crippen LogP contribution in [0.4, 0.5) is 4.79 Å². The molecule has 0 aliphatic rings. The normalized spacial score (nSPS) is 12.2. The van der Waals surface area contributed by atoms with Crippen LogP contribution in [0.25, 0.3) is 10.9 Å². The number of carboxylic acid groups (broad SMARTS) is 1. The molecule has 0 bridgehead atoms. The van der Waals surface area contributed by atoms with Gasteiger partial charge in [0.25, 0.3) is 5.91 Å². The Balaban J connectivity index is 1.07. The highest BCUT2D eigenvalue weighted by molar-refractivity contribution is 6.30. The van der Waals surface area contributed by atoms with E-state index in [1.165, 1.54) is 12.1 Å². The quantitative estimate of drug-likeness (QED) is 0.0565. The van der Waals surface area contributed by atoms with Gasteiger partial charge in [0.05, 0.1) is 17.7 Å². The first kappa shape index (κ1) is 38.6. The van der Waals surface area contributed by atoms with E-state index in [0.29, 0.717) is 53.3 Å². The summed E-state index contributed by atoms with van der Waals surface area (Å²) in [6, 6.07) is 36.7. The molecule has 0 spiro atoms. The third-order valence-electron chi connectivity index (χ3n) is 9.16. The zero-order chi connectivity index (χ0) is 38.7. The van der Waals surface area contributed by atoms with Crippen LogP contribution in [0.3, 0.4) is 0 Å². The Morgan fingerprint density at radius 2 is 1.56 bits per heavy atom. The number of carbonyl (C=O) groups is 2. The first-order chi connectivity index (χ1) is 26.6. The minimum absolute atomic E-state index is 0.0718. The second-order valence-electron chi connectivity index (χ2n) is 13.1. The Morgan fingerprint density at radius 3 is 2.31 bits per heavy atom. The monoisotopic (exact) mass is 760 g/mol. The number of aromatic nitrogens is 1. The molecule has 1 heterocycles. The topological polar surface area (TPSA) is 164 Å². The molecule has 2 atom stereocenters. The van der Waals surface area contributed by atoms with Crippen LogP contribution in [0.2, 0.25) is 5.02 Å². The number of fused-ring (bicyclic) bond motifs is 1. The fourth-order valence-corrected chi connectivity index (χ4v) is 6.49. The lowest BCUT2D eigenvalue weighted by Crippen LogP contribution is -2.33. The molecule has 0 fully saturated rings. The summed E-state index contributed by atoms with van der Waals surface area (Å²) in [7, 11) is 0. The van der Waals surface area contributed by atoms with Crippen molar-refractivity contribution in [3.63, 3.8) is 0 Å². The van der Waals surface area contributed by atoms with Gasteiger partial charge in [-0.25, -0.2) is 4.79 Å². The third kappa shape index (κ3) is 10.3. The van der Waals surface area contributed by atoms with Crippen molar-refractivity contribution < 1.29 is 29.6 Å². The highest BCUT2D eigenvalue weighted by Crippen LogP contribution is 2.29. The largest absolute Gasteiger partial charge is 0.506 e. The molecule has 11 nitrogen and oxygen atoms in total. The fourth-order valence-electron chi connectivity index (χ4n) is 6.36. The number of nitrogens with zero attached hydrogens (tertiary/aromatic N) is 1. The molecule has 6 aromatic rings. The lowest BCUT2D eigenvalue weighted by Gasteiger charge is -2.24. The molecule has 5 aromatic carbocycles. The minimum atomic E-state index is -1.13. The van der Waals surface area contributed by atoms with Gasteiger partial charge in [0.1, 0.15) is 18.1 Å². The number of rotatable bonds is 16. The molecule has 6 N–H and O–H groups in total. The van der Waals surface area contributed by atoms with Crippen molar-refractivity contribution in [2.45, 2.75) is 31.7 Å². The van der Waals surface area contributed by atoms with E-state index in [4.69, 9.17) is 16.3 Å². The number of halogens is 1. The number of aromatic amines is 1. The summed E-state index contributed by atoms with van der Waals surface area (Å²) in [4.78, 5) is 41.6. The number of hydrogen-bond acceptors (Lipinski definition) is 7. The molecule has 0 aliphatic heterocycles. The van der Waals surface area contributed by atoms with Gasteiger partial charge in [-0.2, -0.15) is 0 Å². The van der Waals surface area contributed by atoms with Crippen molar-refractivity contribution in [3.8, 4) is 11.5 Å². The number of nitrogens with one attached hydrogen (secondary N) is 3. The summed E-state index contributed by atoms with van der Waals surface area (Å²) in [6.07, 6.45) is -1.42. The summed E-state index contributed by atoms with van der Waals surface area (Å²) < 4.78 is 6.08. The second kappa shape index (κ2) is 18.3. The van der Waals surface area contributed by atoms with Crippen LogP contribution in [-0.2, 0) is 13.2 Å². The van der Waals surface area contributed by atoms with Crippen LogP contribution in [0, 0.1) is 0 Å². The van der Waals surface area contributed by atoms with Crippen LogP contribution in [0.15, 0.2) is 132 Å². The van der Waals surface area contributed by atoms with E-state index in [2.05, 4.69) is 15.6 Å². The molecule has 6 rings (SSSR count). The van der Waals surface area contributed by atoms with Crippen LogP contribution >= 0.6 is 11.6 Å². The summed E-state index contributed by atoms with van der Waals surface area (Å²) in [5.41, 5.74) is 4.35. The van der Waals surface area contributed by atoms with E-state index in [1.54, 1.807) is 41.3 Å². The minimum Gasteiger partial charge on any atom is -0.506 e. The molecule has 12 heteroatoms. The zero-order valence-corrected chi connectivity index (χ0v) is 30.6. The lowest BCUT2D eigenvalue weighted by atomic mass is 9.98. The summed E-state index contributed by atoms with van der Waals surface area (Å²) in [5.74, 6) is 0.365. The molecule has 0 saturated carbocycles. The summed E-state index contributed by atoms with van der Waals surface area (Å²) in [6.45, 7) is 1.80. The van der Waals surface area contributed by atoms with E-state index in [-0.39, 0.29) is 35.9 Å². The van der Waals surface area contributed by atoms with Gasteiger partial charge in [-0.3, -0.25) is 9.59 Å². The van der Waals surface area contributed by atoms with Crippen LogP contribution in [0.5, 0.6) is 11.5 Å². The predicted molar refractivity (Wildman–Crippen MR) is 212 cm³/mol. The lowest BCUT2D eigenvalue weighted by molar-refractivity contribution is 0.0740.